The molecule has 0 bridgehead atoms. The molecule has 0 unspecified atom stereocenters. The molecule has 8 nitrogen and oxygen atoms in total. The topological polar surface area (TPSA) is 110 Å². The number of aliphatic hydroxyl groups is 1. The number of nitrogens with zero attached hydrogens (tertiary/aromatic N) is 3. The number of aliphatic hydroxyl groups excluding tert-OH is 1. The van der Waals surface area contributed by atoms with Gasteiger partial charge in [-0.1, -0.05) is 12.1 Å². The SMILES string of the molecule is Br.O=C(Cn1c(NCCCO)nc2ccccc21)c1ccc([N+](=O)[O-])cc1. The summed E-state index contributed by atoms with van der Waals surface area (Å²) < 4.78 is 1.77. The minimum atomic E-state index is -0.499. The fourth-order valence-corrected chi connectivity index (χ4v) is 2.65. The highest BCUT2D eigenvalue weighted by Crippen LogP contribution is 2.21. The van der Waals surface area contributed by atoms with Crippen LogP contribution in [0.1, 0.15) is 16.8 Å². The van der Waals surface area contributed by atoms with Crippen molar-refractivity contribution in [1.82, 2.24) is 9.55 Å². The summed E-state index contributed by atoms with van der Waals surface area (Å²) in [6, 6.07) is 13.0. The Kier molecular flexibility index (Phi) is 7.03. The van der Waals surface area contributed by atoms with Crippen LogP contribution < -0.4 is 5.32 Å². The van der Waals surface area contributed by atoms with Crippen LogP contribution in [0.25, 0.3) is 11.0 Å². The zero-order valence-electron chi connectivity index (χ0n) is 14.4. The van der Waals surface area contributed by atoms with Crippen molar-refractivity contribution in [3.05, 3.63) is 64.2 Å². The zero-order chi connectivity index (χ0) is 18.5. The van der Waals surface area contributed by atoms with Gasteiger partial charge >= 0.3 is 0 Å². The Balaban J connectivity index is 0.00000261. The number of rotatable bonds is 8. The van der Waals surface area contributed by atoms with Crippen molar-refractivity contribution in [2.75, 3.05) is 18.5 Å². The summed E-state index contributed by atoms with van der Waals surface area (Å²) in [4.78, 5) is 27.4. The standard InChI is InChI=1S/C18H18N4O4.BrH/c23-11-3-10-19-18-20-15-4-1-2-5-16(15)21(18)12-17(24)13-6-8-14(9-7-13)22(25)26;/h1-2,4-9,23H,3,10-12H2,(H,19,20);1H. The zero-order valence-corrected chi connectivity index (χ0v) is 16.1. The van der Waals surface area contributed by atoms with Gasteiger partial charge in [-0.2, -0.15) is 0 Å². The third kappa shape index (κ3) is 4.69. The number of ketones is 1. The first kappa shape index (κ1) is 20.5. The average molecular weight is 435 g/mol. The Morgan fingerprint density at radius 1 is 1.19 bits per heavy atom. The molecule has 1 aromatic heterocycles. The van der Waals surface area contributed by atoms with E-state index in [2.05, 4.69) is 10.3 Å². The Morgan fingerprint density at radius 2 is 1.89 bits per heavy atom. The molecule has 0 fully saturated rings. The van der Waals surface area contributed by atoms with E-state index in [9.17, 15) is 14.9 Å². The lowest BCUT2D eigenvalue weighted by Gasteiger charge is -2.10. The molecule has 2 N–H and O–H groups in total. The number of carbonyl (C=O) groups is 1. The van der Waals surface area contributed by atoms with Gasteiger partial charge in [-0.3, -0.25) is 14.9 Å². The van der Waals surface area contributed by atoms with Crippen molar-refractivity contribution in [3.63, 3.8) is 0 Å². The number of hydrogen-bond acceptors (Lipinski definition) is 6. The predicted octanol–water partition coefficient (Wildman–Crippen LogP) is 3.20. The number of fused-ring (bicyclic) bond motifs is 1. The molecule has 27 heavy (non-hydrogen) atoms. The van der Waals surface area contributed by atoms with E-state index in [1.165, 1.54) is 24.3 Å². The van der Waals surface area contributed by atoms with Gasteiger partial charge in [0.25, 0.3) is 5.69 Å². The Hall–Kier alpha value is -2.78. The molecule has 1 heterocycles. The van der Waals surface area contributed by atoms with Crippen LogP contribution in [0, 0.1) is 10.1 Å². The second-order valence-corrected chi connectivity index (χ2v) is 5.74. The summed E-state index contributed by atoms with van der Waals surface area (Å²) in [6.45, 7) is 0.653. The molecular formula is C18H19BrN4O4. The quantitative estimate of drug-likeness (QED) is 0.243. The summed E-state index contributed by atoms with van der Waals surface area (Å²) >= 11 is 0. The first-order chi connectivity index (χ1) is 12.6. The van der Waals surface area contributed by atoms with E-state index in [0.717, 1.165) is 11.0 Å². The highest BCUT2D eigenvalue weighted by Gasteiger charge is 2.15. The van der Waals surface area contributed by atoms with E-state index < -0.39 is 4.92 Å². The summed E-state index contributed by atoms with van der Waals surface area (Å²) in [7, 11) is 0. The number of imidazole rings is 1. The van der Waals surface area contributed by atoms with Gasteiger partial charge in [0, 0.05) is 30.8 Å². The Morgan fingerprint density at radius 3 is 2.56 bits per heavy atom. The van der Waals surface area contributed by atoms with Gasteiger partial charge in [-0.15, -0.1) is 17.0 Å². The van der Waals surface area contributed by atoms with Crippen LogP contribution in [0.5, 0.6) is 0 Å². The second-order valence-electron chi connectivity index (χ2n) is 5.74. The number of non-ortho nitro benzene ring substituents is 1. The van der Waals surface area contributed by atoms with Crippen LogP contribution in [-0.4, -0.2) is 38.5 Å². The predicted molar refractivity (Wildman–Crippen MR) is 108 cm³/mol. The highest BCUT2D eigenvalue weighted by molar-refractivity contribution is 8.93. The number of halogens is 1. The lowest BCUT2D eigenvalue weighted by atomic mass is 10.1. The van der Waals surface area contributed by atoms with E-state index in [0.29, 0.717) is 24.5 Å². The van der Waals surface area contributed by atoms with Crippen LogP contribution in [0.15, 0.2) is 48.5 Å². The molecule has 0 saturated carbocycles. The van der Waals surface area contributed by atoms with Gasteiger partial charge in [0.1, 0.15) is 0 Å². The van der Waals surface area contributed by atoms with E-state index >= 15 is 0 Å². The Bertz CT molecular complexity index is 940. The molecule has 0 aliphatic rings. The van der Waals surface area contributed by atoms with Crippen molar-refractivity contribution in [2.24, 2.45) is 0 Å². The van der Waals surface area contributed by atoms with Gasteiger partial charge in [-0.05, 0) is 30.7 Å². The van der Waals surface area contributed by atoms with Crippen LogP contribution in [0.4, 0.5) is 11.6 Å². The number of aromatic nitrogens is 2. The molecule has 2 aromatic carbocycles. The van der Waals surface area contributed by atoms with Crippen LogP contribution in [-0.2, 0) is 6.54 Å². The lowest BCUT2D eigenvalue weighted by Crippen LogP contribution is -2.15. The first-order valence-corrected chi connectivity index (χ1v) is 8.18. The molecule has 3 rings (SSSR count). The number of para-hydroxylation sites is 2. The number of nitro benzene ring substituents is 1. The third-order valence-electron chi connectivity index (χ3n) is 3.97. The largest absolute Gasteiger partial charge is 0.396 e. The van der Waals surface area contributed by atoms with Crippen molar-refractivity contribution < 1.29 is 14.8 Å². The highest BCUT2D eigenvalue weighted by atomic mass is 79.9. The molecule has 0 aliphatic heterocycles. The fourth-order valence-electron chi connectivity index (χ4n) is 2.65. The number of carbonyl (C=O) groups excluding carboxylic acids is 1. The summed E-state index contributed by atoms with van der Waals surface area (Å²) in [5.41, 5.74) is 1.92. The summed E-state index contributed by atoms with van der Waals surface area (Å²) in [5.74, 6) is 0.378. The average Bonchev–Trinajstić information content (AvgIpc) is 2.99. The van der Waals surface area contributed by atoms with Crippen LogP contribution >= 0.6 is 17.0 Å². The van der Waals surface area contributed by atoms with Crippen LogP contribution in [0.2, 0.25) is 0 Å². The number of Topliss-reactive ketones (excluding diaryl/α,β-unsaturated/α-hetero) is 1. The van der Waals surface area contributed by atoms with Gasteiger partial charge in [0.15, 0.2) is 5.78 Å². The van der Waals surface area contributed by atoms with Crippen molar-refractivity contribution in [2.45, 2.75) is 13.0 Å². The van der Waals surface area contributed by atoms with E-state index in [-0.39, 0.29) is 41.6 Å². The number of hydrogen-bond donors (Lipinski definition) is 2. The van der Waals surface area contributed by atoms with Crippen molar-refractivity contribution >= 4 is 45.4 Å². The molecular weight excluding hydrogens is 416 g/mol. The lowest BCUT2D eigenvalue weighted by molar-refractivity contribution is -0.384. The molecule has 0 radical (unpaired) electrons. The maximum absolute atomic E-state index is 12.6. The maximum Gasteiger partial charge on any atom is 0.269 e. The summed E-state index contributed by atoms with van der Waals surface area (Å²) in [6.07, 6.45) is 0.569. The normalized spacial score (nSPS) is 10.4. The smallest absolute Gasteiger partial charge is 0.269 e. The molecule has 0 amide bonds. The van der Waals surface area contributed by atoms with Crippen molar-refractivity contribution in [3.8, 4) is 0 Å². The molecule has 3 aromatic rings. The summed E-state index contributed by atoms with van der Waals surface area (Å²) in [5, 5.41) is 22.8. The molecule has 0 aliphatic carbocycles. The van der Waals surface area contributed by atoms with Gasteiger partial charge in [0.2, 0.25) is 5.95 Å². The fraction of sp³-hybridized carbons (Fsp3) is 0.222. The van der Waals surface area contributed by atoms with Crippen molar-refractivity contribution in [1.29, 1.82) is 0 Å². The molecule has 0 spiro atoms. The molecule has 142 valence electrons. The minimum absolute atomic E-state index is 0. The number of nitro groups is 1. The van der Waals surface area contributed by atoms with E-state index in [1.54, 1.807) is 4.57 Å². The van der Waals surface area contributed by atoms with Gasteiger partial charge in [-0.25, -0.2) is 4.98 Å². The van der Waals surface area contributed by atoms with Crippen LogP contribution in [0.3, 0.4) is 0 Å². The van der Waals surface area contributed by atoms with Gasteiger partial charge in [0.05, 0.1) is 22.5 Å². The second kappa shape index (κ2) is 9.24. The molecule has 0 atom stereocenters. The maximum atomic E-state index is 12.6. The Labute approximate surface area is 165 Å². The minimum Gasteiger partial charge on any atom is -0.396 e. The molecule has 0 saturated heterocycles. The number of anilines is 1. The monoisotopic (exact) mass is 434 g/mol. The van der Waals surface area contributed by atoms with E-state index in [4.69, 9.17) is 5.11 Å². The molecule has 9 heteroatoms. The number of nitrogens with one attached hydrogen (secondary N) is 1. The number of benzene rings is 2. The van der Waals surface area contributed by atoms with E-state index in [1.807, 2.05) is 24.3 Å². The third-order valence-corrected chi connectivity index (χ3v) is 3.97. The van der Waals surface area contributed by atoms with Gasteiger partial charge < -0.3 is 15.0 Å². The first-order valence-electron chi connectivity index (χ1n) is 8.18.